The summed E-state index contributed by atoms with van der Waals surface area (Å²) in [5.74, 6) is 1.39. The number of nitrogens with one attached hydrogen (secondary N) is 2. The number of aryl methyl sites for hydroxylation is 1. The normalized spacial score (nSPS) is 28.6. The molecule has 4 aliphatic rings. The van der Waals surface area contributed by atoms with Gasteiger partial charge in [-0.05, 0) is 67.3 Å². The van der Waals surface area contributed by atoms with Crippen LogP contribution in [0, 0.1) is 11.8 Å². The number of carbonyl (C=O) groups excluding carboxylic acids is 1. The van der Waals surface area contributed by atoms with Crippen LogP contribution in [0.25, 0.3) is 0 Å². The number of rotatable bonds is 6. The van der Waals surface area contributed by atoms with Crippen LogP contribution < -0.4 is 10.6 Å². The van der Waals surface area contributed by atoms with E-state index in [1.54, 1.807) is 6.33 Å². The highest BCUT2D eigenvalue weighted by Gasteiger charge is 2.51. The molecule has 40 heavy (non-hydrogen) atoms. The number of hydrogen-bond acceptors (Lipinski definition) is 6. The lowest BCUT2D eigenvalue weighted by molar-refractivity contribution is 0.0927. The van der Waals surface area contributed by atoms with Gasteiger partial charge in [0.25, 0.3) is 5.91 Å². The molecule has 7 rings (SSSR count). The second-order valence-corrected chi connectivity index (χ2v) is 12.9. The van der Waals surface area contributed by atoms with Crippen LogP contribution in [0.2, 0.25) is 0 Å². The molecule has 210 valence electrons. The summed E-state index contributed by atoms with van der Waals surface area (Å²) in [7, 11) is 1.99. The molecule has 2 N–H and O–H groups in total. The Hall–Kier alpha value is -3.33. The number of alkyl halides is 1. The summed E-state index contributed by atoms with van der Waals surface area (Å²) in [6, 6.07) is 10.1. The highest BCUT2D eigenvalue weighted by molar-refractivity contribution is 6.03. The predicted molar refractivity (Wildman–Crippen MR) is 152 cm³/mol. The van der Waals surface area contributed by atoms with Crippen molar-refractivity contribution in [2.45, 2.75) is 69.5 Å². The summed E-state index contributed by atoms with van der Waals surface area (Å²) in [5.41, 5.74) is 5.41. The first kappa shape index (κ1) is 25.6. The second kappa shape index (κ2) is 9.36. The topological polar surface area (TPSA) is 88.0 Å². The number of halogens is 1. The SMILES string of the molecule is CC1CC(c2cccc(NC(=O)c3cc(CN4CC[C@H](F)[C@H](C)C4)c4c(n3)C3(CC3)CN4)c2)(c2nncn2C)C1. The van der Waals surface area contributed by atoms with E-state index in [1.807, 2.05) is 36.7 Å². The van der Waals surface area contributed by atoms with Crippen molar-refractivity contribution in [3.63, 3.8) is 0 Å². The van der Waals surface area contributed by atoms with Crippen LogP contribution in [0.5, 0.6) is 0 Å². The Morgan fingerprint density at radius 1 is 1.23 bits per heavy atom. The highest BCUT2D eigenvalue weighted by Crippen LogP contribution is 2.54. The second-order valence-electron chi connectivity index (χ2n) is 12.9. The predicted octanol–water partition coefficient (Wildman–Crippen LogP) is 4.82. The van der Waals surface area contributed by atoms with Gasteiger partial charge in [-0.2, -0.15) is 0 Å². The monoisotopic (exact) mass is 543 g/mol. The van der Waals surface area contributed by atoms with Gasteiger partial charge in [-0.15, -0.1) is 10.2 Å². The Bertz CT molecular complexity index is 1460. The van der Waals surface area contributed by atoms with Crippen molar-refractivity contribution >= 4 is 17.3 Å². The van der Waals surface area contributed by atoms with Gasteiger partial charge in [0.05, 0.1) is 16.8 Å². The molecule has 3 aromatic rings. The summed E-state index contributed by atoms with van der Waals surface area (Å²) < 4.78 is 16.1. The number of hydrogen-bond donors (Lipinski definition) is 2. The maximum Gasteiger partial charge on any atom is 0.274 e. The van der Waals surface area contributed by atoms with E-state index in [1.165, 1.54) is 0 Å². The van der Waals surface area contributed by atoms with Crippen LogP contribution >= 0.6 is 0 Å². The molecule has 1 aromatic carbocycles. The third-order valence-electron chi connectivity index (χ3n) is 9.78. The van der Waals surface area contributed by atoms with Gasteiger partial charge in [-0.25, -0.2) is 9.37 Å². The smallest absolute Gasteiger partial charge is 0.274 e. The number of likely N-dealkylation sites (tertiary alicyclic amines) is 1. The zero-order valence-corrected chi connectivity index (χ0v) is 23.6. The quantitative estimate of drug-likeness (QED) is 0.464. The van der Waals surface area contributed by atoms with Gasteiger partial charge in [0, 0.05) is 50.2 Å². The van der Waals surface area contributed by atoms with Crippen molar-refractivity contribution in [1.82, 2.24) is 24.6 Å². The number of pyridine rings is 1. The maximum atomic E-state index is 14.1. The Morgan fingerprint density at radius 3 is 2.75 bits per heavy atom. The van der Waals surface area contributed by atoms with Crippen LogP contribution in [-0.4, -0.2) is 56.4 Å². The minimum atomic E-state index is -0.736. The summed E-state index contributed by atoms with van der Waals surface area (Å²) in [6.45, 7) is 7.27. The number of aromatic nitrogens is 4. The van der Waals surface area contributed by atoms with Crippen molar-refractivity contribution in [1.29, 1.82) is 0 Å². The molecule has 2 aromatic heterocycles. The molecule has 2 atom stereocenters. The Labute approximate surface area is 234 Å². The van der Waals surface area contributed by atoms with Gasteiger partial charge in [-0.3, -0.25) is 9.69 Å². The van der Waals surface area contributed by atoms with E-state index in [-0.39, 0.29) is 22.7 Å². The first-order valence-electron chi connectivity index (χ1n) is 14.7. The Kier molecular flexibility index (Phi) is 6.00. The van der Waals surface area contributed by atoms with Gasteiger partial charge in [-0.1, -0.05) is 26.0 Å². The average Bonchev–Trinajstić information content (AvgIpc) is 3.44. The largest absolute Gasteiger partial charge is 0.382 e. The molecule has 3 fully saturated rings. The number of piperidine rings is 1. The lowest BCUT2D eigenvalue weighted by Gasteiger charge is -2.46. The minimum absolute atomic E-state index is 0.0184. The van der Waals surface area contributed by atoms with Gasteiger partial charge in [0.15, 0.2) is 0 Å². The van der Waals surface area contributed by atoms with E-state index in [0.717, 1.165) is 79.3 Å². The number of amides is 1. The van der Waals surface area contributed by atoms with Crippen LogP contribution in [0.3, 0.4) is 0 Å². The van der Waals surface area contributed by atoms with E-state index >= 15 is 0 Å². The van der Waals surface area contributed by atoms with E-state index in [0.29, 0.717) is 24.6 Å². The molecule has 1 saturated heterocycles. The molecule has 0 bridgehead atoms. The van der Waals surface area contributed by atoms with Crippen LogP contribution in [0.4, 0.5) is 15.8 Å². The lowest BCUT2D eigenvalue weighted by atomic mass is 9.58. The summed E-state index contributed by atoms with van der Waals surface area (Å²) in [6.07, 6.45) is 5.77. The fourth-order valence-electron chi connectivity index (χ4n) is 7.40. The van der Waals surface area contributed by atoms with Crippen LogP contribution in [0.15, 0.2) is 36.7 Å². The third-order valence-corrected chi connectivity index (χ3v) is 9.78. The van der Waals surface area contributed by atoms with Crippen molar-refractivity contribution in [2.24, 2.45) is 18.9 Å². The number of benzene rings is 1. The number of nitrogens with zero attached hydrogens (tertiary/aromatic N) is 5. The van der Waals surface area contributed by atoms with Gasteiger partial charge >= 0.3 is 0 Å². The van der Waals surface area contributed by atoms with E-state index in [9.17, 15) is 9.18 Å². The van der Waals surface area contributed by atoms with Crippen molar-refractivity contribution in [3.8, 4) is 0 Å². The van der Waals surface area contributed by atoms with E-state index in [4.69, 9.17) is 4.98 Å². The van der Waals surface area contributed by atoms with Gasteiger partial charge in [0.2, 0.25) is 0 Å². The fraction of sp³-hybridized carbons (Fsp3) is 0.548. The molecule has 4 heterocycles. The molecule has 9 heteroatoms. The molecule has 2 saturated carbocycles. The molecule has 8 nitrogen and oxygen atoms in total. The zero-order chi connectivity index (χ0) is 27.6. The summed E-state index contributed by atoms with van der Waals surface area (Å²) in [5, 5.41) is 15.3. The summed E-state index contributed by atoms with van der Waals surface area (Å²) in [4.78, 5) is 20.9. The van der Waals surface area contributed by atoms with Gasteiger partial charge < -0.3 is 15.2 Å². The molecule has 2 aliphatic heterocycles. The minimum Gasteiger partial charge on any atom is -0.382 e. The molecule has 0 unspecified atom stereocenters. The number of fused-ring (bicyclic) bond motifs is 2. The molecular weight excluding hydrogens is 505 g/mol. The first-order valence-corrected chi connectivity index (χ1v) is 14.7. The van der Waals surface area contributed by atoms with Crippen molar-refractivity contribution in [2.75, 3.05) is 30.3 Å². The molecule has 1 spiro atoms. The number of anilines is 2. The van der Waals surface area contributed by atoms with Crippen molar-refractivity contribution < 1.29 is 9.18 Å². The average molecular weight is 544 g/mol. The maximum absolute atomic E-state index is 14.1. The van der Waals surface area contributed by atoms with E-state index < -0.39 is 6.17 Å². The van der Waals surface area contributed by atoms with Crippen molar-refractivity contribution in [3.05, 3.63) is 65.0 Å². The highest BCUT2D eigenvalue weighted by atomic mass is 19.1. The third kappa shape index (κ3) is 4.21. The van der Waals surface area contributed by atoms with Crippen LogP contribution in [-0.2, 0) is 24.4 Å². The molecule has 1 amide bonds. The molecule has 2 aliphatic carbocycles. The fourth-order valence-corrected chi connectivity index (χ4v) is 7.40. The molecular formula is C31H38FN7O. The number of carbonyl (C=O) groups is 1. The van der Waals surface area contributed by atoms with Crippen LogP contribution in [0.1, 0.15) is 79.1 Å². The van der Waals surface area contributed by atoms with E-state index in [2.05, 4.69) is 44.8 Å². The Morgan fingerprint density at radius 2 is 2.05 bits per heavy atom. The standard InChI is InChI=1S/C31H38FN7O/c1-19-13-31(14-19,29-37-34-18-38(29)3)22-5-4-6-23(12-22)35-28(40)25-11-21(16-39-10-7-24(32)20(2)15-39)26-27(36-25)30(8-9-30)17-33-26/h4-6,11-12,18-20,24,33H,7-10,13-17H2,1-3H3,(H,35,40)/t19?,20-,24+,31?/m1/s1. The lowest BCUT2D eigenvalue weighted by Crippen LogP contribution is -2.43. The molecule has 0 radical (unpaired) electrons. The zero-order valence-electron chi connectivity index (χ0n) is 23.6. The Balaban J connectivity index is 1.17. The van der Waals surface area contributed by atoms with Gasteiger partial charge in [0.1, 0.15) is 24.0 Å². The first-order chi connectivity index (χ1) is 19.3. The summed E-state index contributed by atoms with van der Waals surface area (Å²) >= 11 is 0.